The van der Waals surface area contributed by atoms with Gasteiger partial charge in [-0.1, -0.05) is 69.1 Å². The average Bonchev–Trinajstić information content (AvgIpc) is 2.42. The minimum Gasteiger partial charge on any atom is -0.117 e. The van der Waals surface area contributed by atoms with Gasteiger partial charge < -0.3 is 0 Å². The van der Waals surface area contributed by atoms with Crippen LogP contribution in [-0.2, 0) is 0 Å². The summed E-state index contributed by atoms with van der Waals surface area (Å²) in [5.74, 6) is 0.258. The maximum absolute atomic E-state index is 6.67. The third kappa shape index (κ3) is 3.42. The van der Waals surface area contributed by atoms with Crippen molar-refractivity contribution < 1.29 is 0 Å². The van der Waals surface area contributed by atoms with Crippen molar-refractivity contribution in [1.29, 1.82) is 0 Å². The number of hydrogen-bond acceptors (Lipinski definition) is 0. The Hall–Kier alpha value is -0.310. The van der Waals surface area contributed by atoms with Crippen molar-refractivity contribution in [3.8, 4) is 0 Å². The molecule has 0 saturated heterocycles. The van der Waals surface area contributed by atoms with E-state index in [-0.39, 0.29) is 11.3 Å². The van der Waals surface area contributed by atoms with Gasteiger partial charge >= 0.3 is 0 Å². The first-order chi connectivity index (χ1) is 9.00. The summed E-state index contributed by atoms with van der Waals surface area (Å²) in [4.78, 5) is 0. The number of aryl methyl sites for hydroxylation is 1. The van der Waals surface area contributed by atoms with Crippen molar-refractivity contribution in [2.75, 3.05) is 0 Å². The molecule has 0 amide bonds. The van der Waals surface area contributed by atoms with Gasteiger partial charge in [-0.2, -0.15) is 0 Å². The van der Waals surface area contributed by atoms with E-state index in [1.807, 2.05) is 6.07 Å². The van der Waals surface area contributed by atoms with Crippen molar-refractivity contribution in [3.05, 3.63) is 68.1 Å². The third-order valence-electron chi connectivity index (χ3n) is 3.34. The second kappa shape index (κ2) is 6.43. The first-order valence-electron chi connectivity index (χ1n) is 6.15. The molecule has 0 aliphatic rings. The molecule has 0 nitrogen and oxygen atoms in total. The molecule has 0 saturated carbocycles. The zero-order valence-electron chi connectivity index (χ0n) is 10.8. The summed E-state index contributed by atoms with van der Waals surface area (Å²) in [6, 6.07) is 14.6. The SMILES string of the molecule is Cc1cc(Br)c(C(Cl)C(C)c2ccccc2)cc1Br. The average molecular weight is 403 g/mol. The van der Waals surface area contributed by atoms with Gasteiger partial charge in [0.2, 0.25) is 0 Å². The molecule has 0 aliphatic heterocycles. The van der Waals surface area contributed by atoms with Crippen LogP contribution in [0.5, 0.6) is 0 Å². The Kier molecular flexibility index (Phi) is 5.10. The summed E-state index contributed by atoms with van der Waals surface area (Å²) < 4.78 is 2.16. The van der Waals surface area contributed by atoms with E-state index in [9.17, 15) is 0 Å². The number of hydrogen-bond donors (Lipinski definition) is 0. The molecule has 0 aliphatic carbocycles. The summed E-state index contributed by atoms with van der Waals surface area (Å²) in [7, 11) is 0. The molecule has 19 heavy (non-hydrogen) atoms. The molecule has 2 aromatic carbocycles. The normalized spacial score (nSPS) is 14.2. The number of rotatable bonds is 3. The third-order valence-corrected chi connectivity index (χ3v) is 5.49. The maximum atomic E-state index is 6.67. The van der Waals surface area contributed by atoms with Crippen LogP contribution in [0.1, 0.15) is 34.9 Å². The van der Waals surface area contributed by atoms with Crippen LogP contribution in [0.3, 0.4) is 0 Å². The van der Waals surface area contributed by atoms with Gasteiger partial charge in [0.05, 0.1) is 5.38 Å². The largest absolute Gasteiger partial charge is 0.117 e. The molecule has 0 bridgehead atoms. The molecule has 2 rings (SSSR count). The highest BCUT2D eigenvalue weighted by atomic mass is 79.9. The number of halogens is 3. The number of benzene rings is 2. The van der Waals surface area contributed by atoms with Crippen LogP contribution < -0.4 is 0 Å². The van der Waals surface area contributed by atoms with Gasteiger partial charge in [0, 0.05) is 14.9 Å². The highest BCUT2D eigenvalue weighted by molar-refractivity contribution is 9.11. The van der Waals surface area contributed by atoms with E-state index in [4.69, 9.17) is 11.6 Å². The molecule has 2 atom stereocenters. The Morgan fingerprint density at radius 3 is 2.26 bits per heavy atom. The Balaban J connectivity index is 2.34. The Bertz CT molecular complexity index is 566. The molecule has 0 fully saturated rings. The summed E-state index contributed by atoms with van der Waals surface area (Å²) in [5.41, 5.74) is 3.58. The first-order valence-corrected chi connectivity index (χ1v) is 8.17. The zero-order valence-corrected chi connectivity index (χ0v) is 14.8. The van der Waals surface area contributed by atoms with Crippen molar-refractivity contribution in [2.24, 2.45) is 0 Å². The monoisotopic (exact) mass is 400 g/mol. The zero-order chi connectivity index (χ0) is 14.0. The lowest BCUT2D eigenvalue weighted by atomic mass is 9.93. The van der Waals surface area contributed by atoms with Gasteiger partial charge in [-0.3, -0.25) is 0 Å². The highest BCUT2D eigenvalue weighted by Gasteiger charge is 2.21. The predicted octanol–water partition coefficient (Wildman–Crippen LogP) is 6.60. The molecule has 3 heteroatoms. The van der Waals surface area contributed by atoms with Gasteiger partial charge in [-0.05, 0) is 35.7 Å². The topological polar surface area (TPSA) is 0 Å². The Labute approximate surface area is 136 Å². The van der Waals surface area contributed by atoms with Gasteiger partial charge in [0.15, 0.2) is 0 Å². The van der Waals surface area contributed by atoms with E-state index in [1.54, 1.807) is 0 Å². The molecule has 2 unspecified atom stereocenters. The fraction of sp³-hybridized carbons (Fsp3) is 0.250. The standard InChI is InChI=1S/C16H15Br2Cl/c1-10-8-15(18)13(9-14(10)17)16(19)11(2)12-6-4-3-5-7-12/h3-9,11,16H,1-2H3. The fourth-order valence-corrected chi connectivity index (χ4v) is 3.59. The van der Waals surface area contributed by atoms with E-state index in [0.717, 1.165) is 14.5 Å². The molecule has 0 N–H and O–H groups in total. The first kappa shape index (κ1) is 15.1. The van der Waals surface area contributed by atoms with Crippen LogP contribution in [0.15, 0.2) is 51.4 Å². The van der Waals surface area contributed by atoms with Crippen LogP contribution in [0, 0.1) is 6.92 Å². The lowest BCUT2D eigenvalue weighted by molar-refractivity contribution is 0.729. The summed E-state index contributed by atoms with van der Waals surface area (Å²) in [6.45, 7) is 4.23. The van der Waals surface area contributed by atoms with E-state index < -0.39 is 0 Å². The predicted molar refractivity (Wildman–Crippen MR) is 90.0 cm³/mol. The van der Waals surface area contributed by atoms with Crippen molar-refractivity contribution in [1.82, 2.24) is 0 Å². The minimum atomic E-state index is -0.0614. The molecule has 100 valence electrons. The molecule has 0 heterocycles. The summed E-state index contributed by atoms with van der Waals surface area (Å²) >= 11 is 13.9. The fourth-order valence-electron chi connectivity index (χ4n) is 2.07. The second-order valence-corrected chi connectivity index (χ2v) is 6.90. The summed E-state index contributed by atoms with van der Waals surface area (Å²) in [6.07, 6.45) is 0. The van der Waals surface area contributed by atoms with E-state index >= 15 is 0 Å². The smallest absolute Gasteiger partial charge is 0.0662 e. The molecule has 0 spiro atoms. The van der Waals surface area contributed by atoms with Crippen molar-refractivity contribution in [2.45, 2.75) is 25.1 Å². The van der Waals surface area contributed by atoms with Crippen LogP contribution >= 0.6 is 43.5 Å². The molecular weight excluding hydrogens is 387 g/mol. The highest BCUT2D eigenvalue weighted by Crippen LogP contribution is 2.40. The Morgan fingerprint density at radius 2 is 1.63 bits per heavy atom. The molecule has 2 aromatic rings. The second-order valence-electron chi connectivity index (χ2n) is 4.72. The van der Waals surface area contributed by atoms with Crippen LogP contribution in [0.25, 0.3) is 0 Å². The maximum Gasteiger partial charge on any atom is 0.0662 e. The lowest BCUT2D eigenvalue weighted by Gasteiger charge is -2.21. The molecule has 0 aromatic heterocycles. The number of alkyl halides is 1. The van der Waals surface area contributed by atoms with E-state index in [2.05, 4.69) is 82.1 Å². The quantitative estimate of drug-likeness (QED) is 0.507. The minimum absolute atomic E-state index is 0.0614. The van der Waals surface area contributed by atoms with Crippen LogP contribution in [-0.4, -0.2) is 0 Å². The van der Waals surface area contributed by atoms with Crippen molar-refractivity contribution >= 4 is 43.5 Å². The molecular formula is C16H15Br2Cl. The van der Waals surface area contributed by atoms with Gasteiger partial charge in [-0.15, -0.1) is 11.6 Å². The van der Waals surface area contributed by atoms with Gasteiger partial charge in [0.25, 0.3) is 0 Å². The van der Waals surface area contributed by atoms with Gasteiger partial charge in [0.1, 0.15) is 0 Å². The summed E-state index contributed by atoms with van der Waals surface area (Å²) in [5, 5.41) is -0.0614. The van der Waals surface area contributed by atoms with Crippen LogP contribution in [0.4, 0.5) is 0 Å². The van der Waals surface area contributed by atoms with Gasteiger partial charge in [-0.25, -0.2) is 0 Å². The van der Waals surface area contributed by atoms with Crippen LogP contribution in [0.2, 0.25) is 0 Å². The Morgan fingerprint density at radius 1 is 1.00 bits per heavy atom. The van der Waals surface area contributed by atoms with E-state index in [1.165, 1.54) is 11.1 Å². The van der Waals surface area contributed by atoms with Crippen molar-refractivity contribution in [3.63, 3.8) is 0 Å². The lowest BCUT2D eigenvalue weighted by Crippen LogP contribution is -2.03. The molecule has 0 radical (unpaired) electrons. The van der Waals surface area contributed by atoms with E-state index in [0.29, 0.717) is 0 Å².